The summed E-state index contributed by atoms with van der Waals surface area (Å²) in [7, 11) is 0. The van der Waals surface area contributed by atoms with Crippen LogP contribution in [-0.2, 0) is 24.2 Å². The van der Waals surface area contributed by atoms with E-state index in [0.717, 1.165) is 13.1 Å². The Morgan fingerprint density at radius 3 is 1.34 bits per heavy atom. The molecule has 0 amide bonds. The Bertz CT molecular complexity index is 642. The third kappa shape index (κ3) is 5.71. The van der Waals surface area contributed by atoms with Crippen LogP contribution in [0.15, 0.2) is 0 Å². The Morgan fingerprint density at radius 1 is 0.719 bits per heavy atom. The van der Waals surface area contributed by atoms with E-state index in [1.165, 1.54) is 10.1 Å². The van der Waals surface area contributed by atoms with Crippen molar-refractivity contribution in [2.75, 3.05) is 26.3 Å². The molecule has 0 aliphatic carbocycles. The van der Waals surface area contributed by atoms with Crippen molar-refractivity contribution in [3.8, 4) is 0 Å². The van der Waals surface area contributed by atoms with Crippen LogP contribution in [0.2, 0.25) is 0 Å². The molecule has 186 valence electrons. The summed E-state index contributed by atoms with van der Waals surface area (Å²) in [6.07, 6.45) is -0.164. The normalized spacial score (nSPS) is 30.4. The van der Waals surface area contributed by atoms with Crippen LogP contribution in [0.3, 0.4) is 0 Å². The summed E-state index contributed by atoms with van der Waals surface area (Å²) >= 11 is 3.34. The fourth-order valence-electron chi connectivity index (χ4n) is 5.83. The van der Waals surface area contributed by atoms with Crippen LogP contribution in [0.1, 0.15) is 81.1 Å². The molecule has 0 aromatic carbocycles. The fraction of sp³-hybridized carbons (Fsp3) is 1.00. The fourth-order valence-corrected chi connectivity index (χ4v) is 10.4. The van der Waals surface area contributed by atoms with E-state index in [9.17, 15) is 10.4 Å². The molecular weight excluding hydrogens is 496 g/mol. The van der Waals surface area contributed by atoms with E-state index in [4.69, 9.17) is 13.8 Å². The predicted molar refractivity (Wildman–Crippen MR) is 125 cm³/mol. The quantitative estimate of drug-likeness (QED) is 0.390. The first-order valence-corrected chi connectivity index (χ1v) is 15.5. The van der Waals surface area contributed by atoms with Gasteiger partial charge in [0.05, 0.1) is 0 Å². The zero-order chi connectivity index (χ0) is 24.2. The van der Waals surface area contributed by atoms with E-state index < -0.39 is 28.3 Å². The first-order chi connectivity index (χ1) is 14.5. The van der Waals surface area contributed by atoms with Gasteiger partial charge in [-0.1, -0.05) is 0 Å². The zero-order valence-electron chi connectivity index (χ0n) is 21.0. The van der Waals surface area contributed by atoms with Crippen molar-refractivity contribution >= 4 is 21.2 Å². The molecule has 0 aromatic rings. The molecule has 0 atom stereocenters. The van der Waals surface area contributed by atoms with E-state index in [2.05, 4.69) is 19.8 Å². The number of rotatable bonds is 5. The van der Waals surface area contributed by atoms with Crippen molar-refractivity contribution in [3.63, 3.8) is 0 Å². The van der Waals surface area contributed by atoms with Gasteiger partial charge < -0.3 is 0 Å². The zero-order valence-corrected chi connectivity index (χ0v) is 23.7. The summed E-state index contributed by atoms with van der Waals surface area (Å²) in [4.78, 5) is 0. The first-order valence-electron chi connectivity index (χ1n) is 11.7. The predicted octanol–water partition coefficient (Wildman–Crippen LogP) is 3.93. The summed E-state index contributed by atoms with van der Waals surface area (Å²) in [6.45, 7) is 18.7. The van der Waals surface area contributed by atoms with E-state index in [1.54, 1.807) is 0 Å². The first kappa shape index (κ1) is 27.2. The van der Waals surface area contributed by atoms with E-state index in [0.29, 0.717) is 38.9 Å². The Hall–Kier alpha value is 0.629. The summed E-state index contributed by atoms with van der Waals surface area (Å²) in [5.41, 5.74) is -2.06. The molecule has 8 nitrogen and oxygen atoms in total. The number of hydroxylamine groups is 4. The molecule has 3 saturated heterocycles. The second kappa shape index (κ2) is 9.25. The van der Waals surface area contributed by atoms with Crippen LogP contribution in [-0.4, -0.2) is 90.6 Å². The Balaban J connectivity index is 1.85. The van der Waals surface area contributed by atoms with Gasteiger partial charge in [-0.15, -0.1) is 0 Å². The SMILES string of the molecule is CC1(C)CC(OP(=[Se])(OC2CC(C)(C)N([O])C(C)(C)C2)N2CCOCC2)CC(C)(C)N1[O]. The number of piperidine rings is 2. The van der Waals surface area contributed by atoms with Gasteiger partial charge in [0, 0.05) is 0 Å². The van der Waals surface area contributed by atoms with Crippen molar-refractivity contribution in [3.05, 3.63) is 0 Å². The van der Waals surface area contributed by atoms with Gasteiger partial charge in [-0.2, -0.15) is 0 Å². The van der Waals surface area contributed by atoms with Gasteiger partial charge in [0.15, 0.2) is 0 Å². The third-order valence-corrected chi connectivity index (χ3v) is 11.8. The van der Waals surface area contributed by atoms with Crippen molar-refractivity contribution in [1.29, 1.82) is 0 Å². The molecular formula is C22H42N3O5PSe. The molecule has 32 heavy (non-hydrogen) atoms. The van der Waals surface area contributed by atoms with Crippen LogP contribution in [0.25, 0.3) is 0 Å². The van der Waals surface area contributed by atoms with Gasteiger partial charge >= 0.3 is 202 Å². The van der Waals surface area contributed by atoms with E-state index in [1.807, 2.05) is 55.4 Å². The molecule has 2 radical (unpaired) electrons. The van der Waals surface area contributed by atoms with Crippen molar-refractivity contribution < 1.29 is 24.2 Å². The summed E-state index contributed by atoms with van der Waals surface area (Å²) in [5, 5.41) is 28.1. The Labute approximate surface area is 201 Å². The van der Waals surface area contributed by atoms with Crippen LogP contribution in [0.4, 0.5) is 0 Å². The summed E-state index contributed by atoms with van der Waals surface area (Å²) in [6, 6.07) is 0. The molecule has 3 aliphatic heterocycles. The monoisotopic (exact) mass is 539 g/mol. The average molecular weight is 539 g/mol. The van der Waals surface area contributed by atoms with Crippen LogP contribution in [0, 0.1) is 0 Å². The molecule has 3 rings (SSSR count). The van der Waals surface area contributed by atoms with Gasteiger partial charge in [0.2, 0.25) is 0 Å². The molecule has 0 unspecified atom stereocenters. The van der Waals surface area contributed by atoms with E-state index in [-0.39, 0.29) is 12.2 Å². The van der Waals surface area contributed by atoms with Gasteiger partial charge in [0.25, 0.3) is 0 Å². The van der Waals surface area contributed by atoms with Crippen molar-refractivity contribution in [2.45, 2.75) is 115 Å². The molecule has 3 heterocycles. The van der Waals surface area contributed by atoms with E-state index >= 15 is 0 Å². The second-order valence-corrected chi connectivity index (χ2v) is 17.0. The van der Waals surface area contributed by atoms with Crippen LogP contribution in [0.5, 0.6) is 0 Å². The number of ether oxygens (including phenoxy) is 1. The van der Waals surface area contributed by atoms with Gasteiger partial charge in [-0.3, -0.25) is 0 Å². The molecule has 3 fully saturated rings. The van der Waals surface area contributed by atoms with Gasteiger partial charge in [0.1, 0.15) is 0 Å². The Kier molecular flexibility index (Phi) is 7.87. The number of hydrogen-bond donors (Lipinski definition) is 0. The molecule has 0 saturated carbocycles. The van der Waals surface area contributed by atoms with Crippen molar-refractivity contribution in [1.82, 2.24) is 14.8 Å². The van der Waals surface area contributed by atoms with Crippen LogP contribution < -0.4 is 0 Å². The maximum absolute atomic E-state index is 12.8. The Morgan fingerprint density at radius 2 is 1.03 bits per heavy atom. The summed E-state index contributed by atoms with van der Waals surface area (Å²) in [5.74, 6) is 0. The third-order valence-electron chi connectivity index (χ3n) is 7.01. The molecule has 0 spiro atoms. The van der Waals surface area contributed by atoms with Gasteiger partial charge in [-0.05, 0) is 0 Å². The minimum absolute atomic E-state index is 0.0942. The number of morpholine rings is 1. The van der Waals surface area contributed by atoms with Gasteiger partial charge in [-0.25, -0.2) is 0 Å². The molecule has 0 bridgehead atoms. The average Bonchev–Trinajstić information content (AvgIpc) is 2.64. The summed E-state index contributed by atoms with van der Waals surface area (Å²) < 4.78 is 21.6. The molecule has 10 heteroatoms. The maximum atomic E-state index is 12.8. The number of nitrogens with zero attached hydrogens (tertiary/aromatic N) is 3. The molecule has 0 N–H and O–H groups in total. The van der Waals surface area contributed by atoms with Crippen molar-refractivity contribution in [2.24, 2.45) is 0 Å². The standard InChI is InChI=1S/C22H42N3O5PSe/c1-19(2)13-17(14-20(3,4)24(19)26)29-31(32,23-9-11-28-12-10-23)30-18-15-21(5,6)25(27)22(7,8)16-18/h17-18H,9-16H2,1-8H3. The molecule has 0 aromatic heterocycles. The number of hydrogen-bond acceptors (Lipinski definition) is 6. The molecule has 3 aliphatic rings. The second-order valence-electron chi connectivity index (χ2n) is 12.1. The topological polar surface area (TPSA) is 77.2 Å². The van der Waals surface area contributed by atoms with Crippen LogP contribution >= 0.6 is 6.11 Å². The minimum atomic E-state index is -2.56.